The molecule has 1 unspecified atom stereocenters. The zero-order chi connectivity index (χ0) is 17.7. The maximum absolute atomic E-state index is 12.6. The number of halogens is 1. The number of nitro benzene ring substituents is 1. The summed E-state index contributed by atoms with van der Waals surface area (Å²) in [6, 6.07) is 2.81. The van der Waals surface area contributed by atoms with Gasteiger partial charge in [0, 0.05) is 23.1 Å². The molecule has 1 saturated heterocycles. The molecule has 1 atom stereocenters. The van der Waals surface area contributed by atoms with Crippen molar-refractivity contribution in [3.05, 3.63) is 43.3 Å². The average molecular weight is 363 g/mol. The highest BCUT2D eigenvalue weighted by atomic mass is 35.5. The predicted molar refractivity (Wildman–Crippen MR) is 93.1 cm³/mol. The van der Waals surface area contributed by atoms with E-state index in [1.54, 1.807) is 17.7 Å². The van der Waals surface area contributed by atoms with Crippen LogP contribution in [0.15, 0.2) is 16.9 Å². The van der Waals surface area contributed by atoms with Crippen LogP contribution in [0.4, 0.5) is 5.69 Å². The molecule has 1 aliphatic rings. The number of aromatic nitrogens is 3. The standard InChI is InChI=1S/C16H15ClN4O4/c1-8-13-15(19-20(8)12-4-2-3-5-25-12)10-6-9(17)7-11(21(23)24)14(10)18-16(13)22/h6-7,12H,2-5H2,1H3,(H,18,22). The number of aromatic amines is 1. The number of aryl methyl sites for hydroxylation is 1. The maximum Gasteiger partial charge on any atom is 0.294 e. The summed E-state index contributed by atoms with van der Waals surface area (Å²) in [4.78, 5) is 25.9. The minimum atomic E-state index is -0.565. The Hall–Kier alpha value is -2.45. The fraction of sp³-hybridized carbons (Fsp3) is 0.375. The number of pyridine rings is 1. The van der Waals surface area contributed by atoms with E-state index < -0.39 is 10.5 Å². The van der Waals surface area contributed by atoms with E-state index in [9.17, 15) is 14.9 Å². The summed E-state index contributed by atoms with van der Waals surface area (Å²) in [5.74, 6) is 0. The van der Waals surface area contributed by atoms with E-state index in [1.165, 1.54) is 6.07 Å². The van der Waals surface area contributed by atoms with Crippen LogP contribution in [0.5, 0.6) is 0 Å². The molecule has 4 rings (SSSR count). The van der Waals surface area contributed by atoms with Crippen molar-refractivity contribution >= 4 is 39.1 Å². The van der Waals surface area contributed by atoms with Gasteiger partial charge in [-0.05, 0) is 32.3 Å². The molecule has 130 valence electrons. The summed E-state index contributed by atoms with van der Waals surface area (Å²) in [5, 5.41) is 16.9. The zero-order valence-electron chi connectivity index (χ0n) is 13.4. The second-order valence-corrected chi connectivity index (χ2v) is 6.57. The normalized spacial score (nSPS) is 18.1. The van der Waals surface area contributed by atoms with Gasteiger partial charge >= 0.3 is 0 Å². The summed E-state index contributed by atoms with van der Waals surface area (Å²) in [6.45, 7) is 2.45. The summed E-state index contributed by atoms with van der Waals surface area (Å²) < 4.78 is 7.47. The topological polar surface area (TPSA) is 103 Å². The van der Waals surface area contributed by atoms with Gasteiger partial charge in [0.1, 0.15) is 17.3 Å². The van der Waals surface area contributed by atoms with E-state index in [0.29, 0.717) is 28.6 Å². The predicted octanol–water partition coefficient (Wildman–Crippen LogP) is 3.45. The molecule has 1 aromatic carbocycles. The summed E-state index contributed by atoms with van der Waals surface area (Å²) in [6.07, 6.45) is 2.60. The van der Waals surface area contributed by atoms with Crippen molar-refractivity contribution in [3.63, 3.8) is 0 Å². The monoisotopic (exact) mass is 362 g/mol. The first kappa shape index (κ1) is 16.0. The highest BCUT2D eigenvalue weighted by Gasteiger charge is 2.24. The molecule has 0 bridgehead atoms. The van der Waals surface area contributed by atoms with E-state index >= 15 is 0 Å². The van der Waals surface area contributed by atoms with Gasteiger partial charge in [0.15, 0.2) is 0 Å². The van der Waals surface area contributed by atoms with Crippen LogP contribution in [-0.2, 0) is 4.74 Å². The molecular weight excluding hydrogens is 348 g/mol. The van der Waals surface area contributed by atoms with Gasteiger partial charge in [0.25, 0.3) is 11.2 Å². The van der Waals surface area contributed by atoms with Crippen LogP contribution in [0.2, 0.25) is 5.02 Å². The number of nitrogens with one attached hydrogen (secondary N) is 1. The van der Waals surface area contributed by atoms with Crippen molar-refractivity contribution in [2.45, 2.75) is 32.4 Å². The van der Waals surface area contributed by atoms with E-state index in [0.717, 1.165) is 19.3 Å². The highest BCUT2D eigenvalue weighted by molar-refractivity contribution is 6.32. The summed E-state index contributed by atoms with van der Waals surface area (Å²) in [7, 11) is 0. The average Bonchev–Trinajstić information content (AvgIpc) is 2.94. The number of fused-ring (bicyclic) bond motifs is 3. The van der Waals surface area contributed by atoms with Crippen molar-refractivity contribution in [2.75, 3.05) is 6.61 Å². The molecule has 0 amide bonds. The number of rotatable bonds is 2. The molecule has 1 aliphatic heterocycles. The molecule has 25 heavy (non-hydrogen) atoms. The Morgan fingerprint density at radius 2 is 2.24 bits per heavy atom. The largest absolute Gasteiger partial charge is 0.357 e. The smallest absolute Gasteiger partial charge is 0.294 e. The van der Waals surface area contributed by atoms with Gasteiger partial charge in [-0.2, -0.15) is 5.10 Å². The Bertz CT molecular complexity index is 1070. The summed E-state index contributed by atoms with van der Waals surface area (Å²) >= 11 is 6.05. The number of hydrogen-bond acceptors (Lipinski definition) is 5. The first-order valence-corrected chi connectivity index (χ1v) is 8.35. The van der Waals surface area contributed by atoms with Gasteiger partial charge in [-0.15, -0.1) is 0 Å². The van der Waals surface area contributed by atoms with Crippen LogP contribution in [0.25, 0.3) is 21.8 Å². The minimum Gasteiger partial charge on any atom is -0.357 e. The molecule has 9 heteroatoms. The van der Waals surface area contributed by atoms with Gasteiger partial charge in [0.2, 0.25) is 0 Å². The van der Waals surface area contributed by atoms with Gasteiger partial charge in [0.05, 0.1) is 16.0 Å². The molecule has 0 saturated carbocycles. The van der Waals surface area contributed by atoms with Gasteiger partial charge in [-0.3, -0.25) is 14.9 Å². The van der Waals surface area contributed by atoms with Crippen LogP contribution < -0.4 is 5.56 Å². The number of hydrogen-bond donors (Lipinski definition) is 1. The van der Waals surface area contributed by atoms with Crippen LogP contribution >= 0.6 is 11.6 Å². The van der Waals surface area contributed by atoms with Crippen molar-refractivity contribution in [3.8, 4) is 0 Å². The fourth-order valence-corrected chi connectivity index (χ4v) is 3.62. The van der Waals surface area contributed by atoms with Crippen LogP contribution in [0, 0.1) is 17.0 Å². The molecule has 0 spiro atoms. The third kappa shape index (κ3) is 2.49. The Kier molecular flexibility index (Phi) is 3.73. The van der Waals surface area contributed by atoms with Crippen molar-refractivity contribution in [2.24, 2.45) is 0 Å². The van der Waals surface area contributed by atoms with E-state index in [-0.39, 0.29) is 22.5 Å². The van der Waals surface area contributed by atoms with Crippen LogP contribution in [0.1, 0.15) is 31.2 Å². The molecule has 8 nitrogen and oxygen atoms in total. The molecule has 1 N–H and O–H groups in total. The first-order chi connectivity index (χ1) is 12.0. The second kappa shape index (κ2) is 5.82. The number of benzene rings is 1. The Labute approximate surface area is 146 Å². The Morgan fingerprint density at radius 1 is 1.44 bits per heavy atom. The highest BCUT2D eigenvalue weighted by Crippen LogP contribution is 2.33. The number of H-pyrrole nitrogens is 1. The first-order valence-electron chi connectivity index (χ1n) is 7.97. The van der Waals surface area contributed by atoms with Crippen molar-refractivity contribution < 1.29 is 9.66 Å². The Balaban J connectivity index is 2.07. The van der Waals surface area contributed by atoms with Crippen molar-refractivity contribution in [1.29, 1.82) is 0 Å². The minimum absolute atomic E-state index is 0.126. The lowest BCUT2D eigenvalue weighted by molar-refractivity contribution is -0.383. The summed E-state index contributed by atoms with van der Waals surface area (Å²) in [5.41, 5.74) is 0.542. The third-order valence-corrected chi connectivity index (χ3v) is 4.80. The van der Waals surface area contributed by atoms with Gasteiger partial charge in [-0.1, -0.05) is 11.6 Å². The van der Waals surface area contributed by atoms with Crippen LogP contribution in [-0.4, -0.2) is 26.3 Å². The Morgan fingerprint density at radius 3 is 2.92 bits per heavy atom. The van der Waals surface area contributed by atoms with E-state index in [2.05, 4.69) is 10.1 Å². The molecule has 2 aromatic heterocycles. The number of nitrogens with zero attached hydrogens (tertiary/aromatic N) is 3. The second-order valence-electron chi connectivity index (χ2n) is 6.13. The third-order valence-electron chi connectivity index (χ3n) is 4.58. The fourth-order valence-electron chi connectivity index (χ4n) is 3.41. The number of nitro groups is 1. The molecule has 3 aromatic rings. The molecular formula is C16H15ClN4O4. The lowest BCUT2D eigenvalue weighted by atomic mass is 10.1. The quantitative estimate of drug-likeness (QED) is 0.555. The van der Waals surface area contributed by atoms with Crippen molar-refractivity contribution in [1.82, 2.24) is 14.8 Å². The lowest BCUT2D eigenvalue weighted by Gasteiger charge is -2.23. The lowest BCUT2D eigenvalue weighted by Crippen LogP contribution is -2.20. The maximum atomic E-state index is 12.6. The van der Waals surface area contributed by atoms with E-state index in [4.69, 9.17) is 16.3 Å². The molecule has 0 radical (unpaired) electrons. The van der Waals surface area contributed by atoms with Gasteiger partial charge in [-0.25, -0.2) is 4.68 Å². The molecule has 1 fully saturated rings. The number of ether oxygens (including phenoxy) is 1. The molecule has 0 aliphatic carbocycles. The zero-order valence-corrected chi connectivity index (χ0v) is 14.2. The van der Waals surface area contributed by atoms with E-state index in [1.807, 2.05) is 0 Å². The van der Waals surface area contributed by atoms with Crippen LogP contribution in [0.3, 0.4) is 0 Å². The SMILES string of the molecule is Cc1c2c(=O)[nH]c3c([N+](=O)[O-])cc(Cl)cc3c2nn1C1CCCCO1. The number of non-ortho nitro benzene ring substituents is 1. The van der Waals surface area contributed by atoms with Gasteiger partial charge < -0.3 is 9.72 Å². The molecule has 3 heterocycles.